The SMILES string of the molecule is CC(N)(Cc1cc(F)cc(Br)c1)c1ccccc1F. The lowest BCUT2D eigenvalue weighted by Gasteiger charge is -2.26. The van der Waals surface area contributed by atoms with Gasteiger partial charge in [0.05, 0.1) is 0 Å². The number of hydrogen-bond donors (Lipinski definition) is 1. The second-order valence-electron chi connectivity index (χ2n) is 4.85. The maximum atomic E-state index is 13.8. The molecule has 0 aliphatic heterocycles. The zero-order chi connectivity index (χ0) is 14.0. The monoisotopic (exact) mass is 325 g/mol. The summed E-state index contributed by atoms with van der Waals surface area (Å²) in [6, 6.07) is 11.0. The molecule has 0 fully saturated rings. The average Bonchev–Trinajstić information content (AvgIpc) is 2.26. The van der Waals surface area contributed by atoms with E-state index < -0.39 is 5.54 Å². The minimum atomic E-state index is -0.890. The van der Waals surface area contributed by atoms with Crippen molar-refractivity contribution in [3.8, 4) is 0 Å². The van der Waals surface area contributed by atoms with Crippen molar-refractivity contribution < 1.29 is 8.78 Å². The molecular formula is C15H14BrF2N. The highest BCUT2D eigenvalue weighted by Gasteiger charge is 2.25. The van der Waals surface area contributed by atoms with E-state index in [0.29, 0.717) is 16.5 Å². The first-order chi connectivity index (χ1) is 8.88. The number of rotatable bonds is 3. The molecule has 2 N–H and O–H groups in total. The van der Waals surface area contributed by atoms with Crippen molar-refractivity contribution in [3.05, 3.63) is 69.7 Å². The highest BCUT2D eigenvalue weighted by atomic mass is 79.9. The molecule has 0 saturated heterocycles. The van der Waals surface area contributed by atoms with Gasteiger partial charge < -0.3 is 5.73 Å². The lowest BCUT2D eigenvalue weighted by molar-refractivity contribution is 0.456. The summed E-state index contributed by atoms with van der Waals surface area (Å²) in [4.78, 5) is 0. The van der Waals surface area contributed by atoms with Crippen molar-refractivity contribution in [1.29, 1.82) is 0 Å². The Hall–Kier alpha value is -1.26. The van der Waals surface area contributed by atoms with Gasteiger partial charge in [-0.3, -0.25) is 0 Å². The zero-order valence-electron chi connectivity index (χ0n) is 10.5. The van der Waals surface area contributed by atoms with Gasteiger partial charge in [0.25, 0.3) is 0 Å². The first-order valence-corrected chi connectivity index (χ1v) is 6.67. The fourth-order valence-corrected chi connectivity index (χ4v) is 2.67. The summed E-state index contributed by atoms with van der Waals surface area (Å²) in [5, 5.41) is 0. The van der Waals surface area contributed by atoms with E-state index in [1.165, 1.54) is 18.2 Å². The fraction of sp³-hybridized carbons (Fsp3) is 0.200. The summed E-state index contributed by atoms with van der Waals surface area (Å²) in [7, 11) is 0. The van der Waals surface area contributed by atoms with E-state index in [4.69, 9.17) is 5.73 Å². The molecule has 2 aromatic carbocycles. The van der Waals surface area contributed by atoms with E-state index in [1.54, 1.807) is 31.2 Å². The van der Waals surface area contributed by atoms with Gasteiger partial charge in [-0.1, -0.05) is 34.1 Å². The molecule has 2 aromatic rings. The second-order valence-corrected chi connectivity index (χ2v) is 5.77. The summed E-state index contributed by atoms with van der Waals surface area (Å²) >= 11 is 3.24. The molecule has 100 valence electrons. The molecule has 0 aliphatic rings. The van der Waals surface area contributed by atoms with Crippen LogP contribution in [0.5, 0.6) is 0 Å². The average molecular weight is 326 g/mol. The second kappa shape index (κ2) is 5.39. The summed E-state index contributed by atoms with van der Waals surface area (Å²) in [5.74, 6) is -0.684. The Morgan fingerprint density at radius 3 is 2.47 bits per heavy atom. The van der Waals surface area contributed by atoms with E-state index in [2.05, 4.69) is 15.9 Å². The van der Waals surface area contributed by atoms with Gasteiger partial charge in [-0.15, -0.1) is 0 Å². The largest absolute Gasteiger partial charge is 0.321 e. The van der Waals surface area contributed by atoms with Crippen molar-refractivity contribution in [1.82, 2.24) is 0 Å². The smallest absolute Gasteiger partial charge is 0.128 e. The van der Waals surface area contributed by atoms with Gasteiger partial charge >= 0.3 is 0 Å². The van der Waals surface area contributed by atoms with E-state index in [0.717, 1.165) is 5.56 Å². The van der Waals surface area contributed by atoms with Gasteiger partial charge in [0.2, 0.25) is 0 Å². The van der Waals surface area contributed by atoms with E-state index in [1.807, 2.05) is 0 Å². The molecule has 0 heterocycles. The van der Waals surface area contributed by atoms with Gasteiger partial charge in [-0.25, -0.2) is 8.78 Å². The Balaban J connectivity index is 2.33. The van der Waals surface area contributed by atoms with Crippen LogP contribution in [0, 0.1) is 11.6 Å². The maximum absolute atomic E-state index is 13.8. The predicted octanol–water partition coefficient (Wildman–Crippen LogP) is 4.14. The van der Waals surface area contributed by atoms with E-state index in [9.17, 15) is 8.78 Å². The molecule has 0 spiro atoms. The highest BCUT2D eigenvalue weighted by molar-refractivity contribution is 9.10. The maximum Gasteiger partial charge on any atom is 0.128 e. The molecule has 0 aliphatic carbocycles. The van der Waals surface area contributed by atoms with Crippen LogP contribution in [0.1, 0.15) is 18.1 Å². The molecule has 1 unspecified atom stereocenters. The zero-order valence-corrected chi connectivity index (χ0v) is 12.0. The number of nitrogens with two attached hydrogens (primary N) is 1. The van der Waals surface area contributed by atoms with Crippen LogP contribution in [0.15, 0.2) is 46.9 Å². The Morgan fingerprint density at radius 2 is 1.84 bits per heavy atom. The van der Waals surface area contributed by atoms with Crippen LogP contribution in [-0.2, 0) is 12.0 Å². The van der Waals surface area contributed by atoms with Crippen LogP contribution in [0.3, 0.4) is 0 Å². The molecule has 0 radical (unpaired) electrons. The normalized spacial score (nSPS) is 14.2. The molecular weight excluding hydrogens is 312 g/mol. The van der Waals surface area contributed by atoms with Crippen molar-refractivity contribution in [2.24, 2.45) is 5.73 Å². The quantitative estimate of drug-likeness (QED) is 0.901. The summed E-state index contributed by atoms with van der Waals surface area (Å²) < 4.78 is 27.8. The third-order valence-corrected chi connectivity index (χ3v) is 3.44. The molecule has 1 nitrogen and oxygen atoms in total. The topological polar surface area (TPSA) is 26.0 Å². The predicted molar refractivity (Wildman–Crippen MR) is 75.7 cm³/mol. The fourth-order valence-electron chi connectivity index (χ4n) is 2.16. The molecule has 1 atom stereocenters. The third kappa shape index (κ3) is 3.39. The Kier molecular flexibility index (Phi) is 4.02. The summed E-state index contributed by atoms with van der Waals surface area (Å²) in [6.45, 7) is 1.74. The van der Waals surface area contributed by atoms with Gasteiger partial charge in [-0.2, -0.15) is 0 Å². The Bertz CT molecular complexity index is 576. The summed E-state index contributed by atoms with van der Waals surface area (Å²) in [5.41, 5.74) is 6.45. The Labute approximate surface area is 119 Å². The van der Waals surface area contributed by atoms with E-state index in [-0.39, 0.29) is 11.6 Å². The van der Waals surface area contributed by atoms with Gasteiger partial charge in [0.15, 0.2) is 0 Å². The van der Waals surface area contributed by atoms with Crippen LogP contribution in [-0.4, -0.2) is 0 Å². The molecule has 0 aromatic heterocycles. The van der Waals surface area contributed by atoms with Crippen molar-refractivity contribution >= 4 is 15.9 Å². The number of hydrogen-bond acceptors (Lipinski definition) is 1. The molecule has 4 heteroatoms. The first-order valence-electron chi connectivity index (χ1n) is 5.87. The molecule has 19 heavy (non-hydrogen) atoms. The van der Waals surface area contributed by atoms with Crippen LogP contribution in [0.2, 0.25) is 0 Å². The minimum absolute atomic E-state index is 0.339. The molecule has 0 amide bonds. The molecule has 2 rings (SSSR count). The standard InChI is InChI=1S/C15H14BrF2N/c1-15(19,13-4-2-3-5-14(13)18)9-10-6-11(16)8-12(17)7-10/h2-8H,9,19H2,1H3. The summed E-state index contributed by atoms with van der Waals surface area (Å²) in [6.07, 6.45) is 0.351. The van der Waals surface area contributed by atoms with Crippen molar-refractivity contribution in [2.75, 3.05) is 0 Å². The van der Waals surface area contributed by atoms with Crippen LogP contribution in [0.4, 0.5) is 8.78 Å². The van der Waals surface area contributed by atoms with Gasteiger partial charge in [-0.05, 0) is 43.2 Å². The van der Waals surface area contributed by atoms with E-state index >= 15 is 0 Å². The third-order valence-electron chi connectivity index (χ3n) is 2.98. The molecule has 0 saturated carbocycles. The lowest BCUT2D eigenvalue weighted by Crippen LogP contribution is -2.36. The Morgan fingerprint density at radius 1 is 1.16 bits per heavy atom. The van der Waals surface area contributed by atoms with Crippen molar-refractivity contribution in [2.45, 2.75) is 18.9 Å². The van der Waals surface area contributed by atoms with Crippen LogP contribution >= 0.6 is 15.9 Å². The molecule has 0 bridgehead atoms. The van der Waals surface area contributed by atoms with Crippen LogP contribution in [0.25, 0.3) is 0 Å². The minimum Gasteiger partial charge on any atom is -0.321 e. The van der Waals surface area contributed by atoms with Gasteiger partial charge in [0, 0.05) is 15.6 Å². The van der Waals surface area contributed by atoms with Crippen molar-refractivity contribution in [3.63, 3.8) is 0 Å². The van der Waals surface area contributed by atoms with Gasteiger partial charge in [0.1, 0.15) is 11.6 Å². The highest BCUT2D eigenvalue weighted by Crippen LogP contribution is 2.26. The first kappa shape index (κ1) is 14.2. The number of benzene rings is 2. The number of halogens is 3. The van der Waals surface area contributed by atoms with Crippen LogP contribution < -0.4 is 5.73 Å². The lowest BCUT2D eigenvalue weighted by atomic mass is 9.86.